The van der Waals surface area contributed by atoms with Gasteiger partial charge in [0.15, 0.2) is 0 Å². The van der Waals surface area contributed by atoms with Crippen molar-refractivity contribution in [3.05, 3.63) is 42.5 Å². The Kier molecular flexibility index (Phi) is 2.45. The van der Waals surface area contributed by atoms with Crippen molar-refractivity contribution in [1.29, 1.82) is 0 Å². The third kappa shape index (κ3) is 2.01. The molecule has 5 heteroatoms. The molecular weight excluding hydrogens is 192 g/mol. The molecule has 2 rings (SSSR count). The first-order chi connectivity index (χ1) is 7.27. The molecule has 1 N–H and O–H groups in total. The zero-order valence-corrected chi connectivity index (χ0v) is 8.21. The summed E-state index contributed by atoms with van der Waals surface area (Å²) < 4.78 is 1.75. The van der Waals surface area contributed by atoms with Gasteiger partial charge in [0, 0.05) is 13.2 Å². The number of carbonyl (C=O) groups is 1. The van der Waals surface area contributed by atoms with Crippen LogP contribution in [-0.4, -0.2) is 20.7 Å². The molecule has 0 aliphatic heterocycles. The average molecular weight is 202 g/mol. The lowest BCUT2D eigenvalue weighted by molar-refractivity contribution is 0.101. The highest BCUT2D eigenvalue weighted by molar-refractivity contribution is 6.03. The van der Waals surface area contributed by atoms with Crippen molar-refractivity contribution in [2.45, 2.75) is 0 Å². The first-order valence-corrected chi connectivity index (χ1v) is 4.47. The van der Waals surface area contributed by atoms with E-state index >= 15 is 0 Å². The molecule has 0 saturated carbocycles. The number of carbonyl (C=O) groups excluding carboxylic acids is 1. The molecule has 0 radical (unpaired) electrons. The molecule has 76 valence electrons. The van der Waals surface area contributed by atoms with Gasteiger partial charge in [-0.15, -0.1) is 0 Å². The van der Waals surface area contributed by atoms with Crippen molar-refractivity contribution >= 4 is 11.6 Å². The standard InChI is InChI=1S/C10H10N4O/c1-14-6-2-3-9(14)10(15)13-8-4-5-11-12-7-8/h2-7H,1H3,(H,11,13,15). The van der Waals surface area contributed by atoms with Gasteiger partial charge in [-0.3, -0.25) is 4.79 Å². The van der Waals surface area contributed by atoms with Gasteiger partial charge >= 0.3 is 0 Å². The molecule has 1 amide bonds. The van der Waals surface area contributed by atoms with Crippen LogP contribution in [0.25, 0.3) is 0 Å². The fourth-order valence-electron chi connectivity index (χ4n) is 1.26. The second-order valence-electron chi connectivity index (χ2n) is 3.09. The zero-order valence-electron chi connectivity index (χ0n) is 8.21. The summed E-state index contributed by atoms with van der Waals surface area (Å²) in [6.45, 7) is 0. The van der Waals surface area contributed by atoms with Crippen LogP contribution in [0, 0.1) is 0 Å². The minimum Gasteiger partial charge on any atom is -0.347 e. The van der Waals surface area contributed by atoms with Gasteiger partial charge in [0.25, 0.3) is 5.91 Å². The van der Waals surface area contributed by atoms with Gasteiger partial charge in [-0.25, -0.2) is 0 Å². The van der Waals surface area contributed by atoms with Gasteiger partial charge in [-0.1, -0.05) is 0 Å². The van der Waals surface area contributed by atoms with Crippen LogP contribution < -0.4 is 5.32 Å². The number of nitrogens with zero attached hydrogens (tertiary/aromatic N) is 3. The predicted molar refractivity (Wildman–Crippen MR) is 55.4 cm³/mol. The molecule has 0 fully saturated rings. The zero-order chi connectivity index (χ0) is 10.7. The van der Waals surface area contributed by atoms with E-state index in [1.54, 1.807) is 16.7 Å². The van der Waals surface area contributed by atoms with Gasteiger partial charge in [0.05, 0.1) is 18.1 Å². The van der Waals surface area contributed by atoms with Crippen LogP contribution in [0.15, 0.2) is 36.8 Å². The summed E-state index contributed by atoms with van der Waals surface area (Å²) in [6.07, 6.45) is 4.85. The maximum atomic E-state index is 11.7. The fourth-order valence-corrected chi connectivity index (χ4v) is 1.26. The van der Waals surface area contributed by atoms with Crippen LogP contribution in [-0.2, 0) is 7.05 Å². The van der Waals surface area contributed by atoms with E-state index in [1.807, 2.05) is 19.3 Å². The Morgan fingerprint density at radius 3 is 2.87 bits per heavy atom. The number of anilines is 1. The Bertz CT molecular complexity index is 463. The summed E-state index contributed by atoms with van der Waals surface area (Å²) in [5, 5.41) is 10.0. The van der Waals surface area contributed by atoms with Gasteiger partial charge in [0.1, 0.15) is 5.69 Å². The normalized spacial score (nSPS) is 9.93. The molecule has 0 bridgehead atoms. The second kappa shape index (κ2) is 3.91. The molecule has 2 aromatic rings. The highest BCUT2D eigenvalue weighted by Gasteiger charge is 2.08. The number of nitrogens with one attached hydrogen (secondary N) is 1. The van der Waals surface area contributed by atoms with Crippen molar-refractivity contribution in [2.75, 3.05) is 5.32 Å². The quantitative estimate of drug-likeness (QED) is 0.792. The molecule has 0 atom stereocenters. The predicted octanol–water partition coefficient (Wildman–Crippen LogP) is 1.07. The first-order valence-electron chi connectivity index (χ1n) is 4.47. The Morgan fingerprint density at radius 2 is 2.27 bits per heavy atom. The van der Waals surface area contributed by atoms with Crippen LogP contribution in [0.1, 0.15) is 10.5 Å². The summed E-state index contributed by atoms with van der Waals surface area (Å²) >= 11 is 0. The van der Waals surface area contributed by atoms with Crippen LogP contribution in [0.4, 0.5) is 5.69 Å². The van der Waals surface area contributed by atoms with E-state index in [9.17, 15) is 4.79 Å². The molecule has 2 heterocycles. The van der Waals surface area contributed by atoms with Crippen molar-refractivity contribution in [3.8, 4) is 0 Å². The topological polar surface area (TPSA) is 59.8 Å². The average Bonchev–Trinajstić information content (AvgIpc) is 2.66. The minimum absolute atomic E-state index is 0.157. The Morgan fingerprint density at radius 1 is 1.40 bits per heavy atom. The van der Waals surface area contributed by atoms with E-state index in [4.69, 9.17) is 0 Å². The fraction of sp³-hybridized carbons (Fsp3) is 0.100. The second-order valence-corrected chi connectivity index (χ2v) is 3.09. The third-order valence-corrected chi connectivity index (χ3v) is 2.02. The van der Waals surface area contributed by atoms with Crippen molar-refractivity contribution in [2.24, 2.45) is 7.05 Å². The smallest absolute Gasteiger partial charge is 0.272 e. The molecule has 0 spiro atoms. The largest absolute Gasteiger partial charge is 0.347 e. The maximum absolute atomic E-state index is 11.7. The molecular formula is C10H10N4O. The van der Waals surface area contributed by atoms with Crippen molar-refractivity contribution in [1.82, 2.24) is 14.8 Å². The maximum Gasteiger partial charge on any atom is 0.272 e. The highest BCUT2D eigenvalue weighted by Crippen LogP contribution is 2.06. The van der Waals surface area contributed by atoms with E-state index in [1.165, 1.54) is 12.4 Å². The summed E-state index contributed by atoms with van der Waals surface area (Å²) in [7, 11) is 1.82. The number of hydrogen-bond donors (Lipinski definition) is 1. The van der Waals surface area contributed by atoms with Crippen LogP contribution >= 0.6 is 0 Å². The minimum atomic E-state index is -0.157. The van der Waals surface area contributed by atoms with E-state index in [2.05, 4.69) is 15.5 Å². The molecule has 15 heavy (non-hydrogen) atoms. The summed E-state index contributed by atoms with van der Waals surface area (Å²) in [6, 6.07) is 5.26. The van der Waals surface area contributed by atoms with Crippen LogP contribution in [0.2, 0.25) is 0 Å². The molecule has 0 aromatic carbocycles. The summed E-state index contributed by atoms with van der Waals surface area (Å²) in [5.74, 6) is -0.157. The molecule has 0 aliphatic rings. The van der Waals surface area contributed by atoms with Crippen LogP contribution in [0.3, 0.4) is 0 Å². The summed E-state index contributed by atoms with van der Waals surface area (Å²) in [5.41, 5.74) is 1.24. The van der Waals surface area contributed by atoms with Gasteiger partial charge < -0.3 is 9.88 Å². The van der Waals surface area contributed by atoms with Crippen molar-refractivity contribution < 1.29 is 4.79 Å². The molecule has 0 aliphatic carbocycles. The number of hydrogen-bond acceptors (Lipinski definition) is 3. The number of rotatable bonds is 2. The number of aromatic nitrogens is 3. The number of aryl methyl sites for hydroxylation is 1. The monoisotopic (exact) mass is 202 g/mol. The van der Waals surface area contributed by atoms with Crippen molar-refractivity contribution in [3.63, 3.8) is 0 Å². The lowest BCUT2D eigenvalue weighted by atomic mass is 10.4. The van der Waals surface area contributed by atoms with E-state index in [0.717, 1.165) is 0 Å². The third-order valence-electron chi connectivity index (χ3n) is 2.02. The molecule has 0 unspecified atom stereocenters. The highest BCUT2D eigenvalue weighted by atomic mass is 16.1. The van der Waals surface area contributed by atoms with E-state index in [0.29, 0.717) is 11.4 Å². The van der Waals surface area contributed by atoms with Gasteiger partial charge in [-0.05, 0) is 18.2 Å². The van der Waals surface area contributed by atoms with E-state index in [-0.39, 0.29) is 5.91 Å². The van der Waals surface area contributed by atoms with Gasteiger partial charge in [-0.2, -0.15) is 10.2 Å². The van der Waals surface area contributed by atoms with Gasteiger partial charge in [0.2, 0.25) is 0 Å². The number of amides is 1. The molecule has 2 aromatic heterocycles. The summed E-state index contributed by atoms with van der Waals surface area (Å²) in [4.78, 5) is 11.7. The molecule has 0 saturated heterocycles. The SMILES string of the molecule is Cn1cccc1C(=O)Nc1ccnnc1. The lowest BCUT2D eigenvalue weighted by Gasteiger charge is -2.04. The lowest BCUT2D eigenvalue weighted by Crippen LogP contribution is -2.15. The Labute approximate surface area is 86.8 Å². The Hall–Kier alpha value is -2.17. The Balaban J connectivity index is 2.15. The van der Waals surface area contributed by atoms with Crippen LogP contribution in [0.5, 0.6) is 0 Å². The first kappa shape index (κ1) is 9.39. The molecule has 5 nitrogen and oxygen atoms in total. The van der Waals surface area contributed by atoms with E-state index < -0.39 is 0 Å².